The topological polar surface area (TPSA) is 122 Å². The van der Waals surface area contributed by atoms with Crippen molar-refractivity contribution in [2.45, 2.75) is 116 Å². The molecule has 0 bridgehead atoms. The van der Waals surface area contributed by atoms with Crippen molar-refractivity contribution >= 4 is 39.6 Å². The number of nitrogens with one attached hydrogen (secondary N) is 2. The van der Waals surface area contributed by atoms with Crippen LogP contribution in [0.15, 0.2) is 43.0 Å². The second-order valence-corrected chi connectivity index (χ2v) is 21.5. The number of esters is 1. The van der Waals surface area contributed by atoms with Gasteiger partial charge in [0.2, 0.25) is 0 Å². The number of fused-ring (bicyclic) bond motifs is 1. The molecule has 1 saturated heterocycles. The summed E-state index contributed by atoms with van der Waals surface area (Å²) in [5.41, 5.74) is 2.49. The summed E-state index contributed by atoms with van der Waals surface area (Å²) in [6, 6.07) is 16.2. The molecule has 0 amide bonds. The Hall–Kier alpha value is -2.69. The average Bonchev–Trinajstić information content (AvgIpc) is 3.67. The molecule has 0 saturated carbocycles. The first-order chi connectivity index (χ1) is 22.3. The number of rotatable bonds is 19. The Balaban J connectivity index is 1.74. The number of nitrogens with zero attached hydrogens (tertiary/aromatic N) is 4. The van der Waals surface area contributed by atoms with Crippen LogP contribution in [0.4, 0.5) is 5.82 Å². The minimum Gasteiger partial charge on any atom is -0.465 e. The van der Waals surface area contributed by atoms with Gasteiger partial charge in [-0.05, 0) is 48.8 Å². The van der Waals surface area contributed by atoms with Gasteiger partial charge in [0.1, 0.15) is 24.6 Å². The first kappa shape index (κ1) is 36.2. The fourth-order valence-corrected chi connectivity index (χ4v) is 12.1. The Morgan fingerprint density at radius 2 is 1.50 bits per heavy atom. The van der Waals surface area contributed by atoms with Gasteiger partial charge in [-0.25, -0.2) is 15.0 Å². The lowest BCUT2D eigenvalue weighted by molar-refractivity contribution is -0.142. The number of benzene rings is 1. The molecule has 0 unspecified atom stereocenters. The molecular weight excluding hydrogens is 617 g/mol. The number of carbonyl (C=O) groups is 1. The van der Waals surface area contributed by atoms with E-state index in [1.165, 1.54) is 0 Å². The third-order valence-electron chi connectivity index (χ3n) is 9.78. The maximum Gasteiger partial charge on any atom is 0.319 e. The lowest BCUT2D eigenvalue weighted by atomic mass is 10.1. The second kappa shape index (κ2) is 16.9. The first-order valence-corrected chi connectivity index (χ1v) is 22.2. The normalized spacial score (nSPS) is 20.3. The second-order valence-electron chi connectivity index (χ2n) is 12.0. The Labute approximate surface area is 276 Å². The summed E-state index contributed by atoms with van der Waals surface area (Å²) in [4.78, 5) is 26.2. The SMILES string of the molecule is CCOC(=O)CNC[C@H]1O[C@@H](n2cnc3c(NCc4ccccc4)ncnc32)[C@H](O[Si](CC)(CC)CC)[C@@H]1O[Si](CC)(CC)CC. The maximum absolute atomic E-state index is 12.2. The average molecular weight is 671 g/mol. The van der Waals surface area contributed by atoms with Crippen LogP contribution in [0.1, 0.15) is 60.3 Å². The van der Waals surface area contributed by atoms with Crippen LogP contribution in [0.25, 0.3) is 11.2 Å². The van der Waals surface area contributed by atoms with Crippen molar-refractivity contribution in [1.29, 1.82) is 0 Å². The van der Waals surface area contributed by atoms with Gasteiger partial charge in [-0.15, -0.1) is 0 Å². The van der Waals surface area contributed by atoms with Crippen LogP contribution in [-0.4, -0.2) is 80.1 Å². The van der Waals surface area contributed by atoms with Crippen molar-refractivity contribution in [1.82, 2.24) is 24.8 Å². The lowest BCUT2D eigenvalue weighted by Gasteiger charge is -2.39. The molecule has 0 spiro atoms. The summed E-state index contributed by atoms with van der Waals surface area (Å²) in [5.74, 6) is 0.376. The molecule has 1 aliphatic rings. The van der Waals surface area contributed by atoms with Crippen molar-refractivity contribution in [3.05, 3.63) is 48.5 Å². The van der Waals surface area contributed by atoms with Crippen LogP contribution in [0.3, 0.4) is 0 Å². The summed E-state index contributed by atoms with van der Waals surface area (Å²) in [5, 5.41) is 6.72. The van der Waals surface area contributed by atoms with Crippen LogP contribution >= 0.6 is 0 Å². The molecule has 2 N–H and O–H groups in total. The minimum atomic E-state index is -2.12. The zero-order chi connectivity index (χ0) is 33.2. The summed E-state index contributed by atoms with van der Waals surface area (Å²) >= 11 is 0. The molecule has 0 aliphatic carbocycles. The van der Waals surface area contributed by atoms with Crippen molar-refractivity contribution in [3.63, 3.8) is 0 Å². The van der Waals surface area contributed by atoms with Crippen LogP contribution in [0, 0.1) is 0 Å². The van der Waals surface area contributed by atoms with E-state index in [1.807, 2.05) is 29.7 Å². The monoisotopic (exact) mass is 670 g/mol. The van der Waals surface area contributed by atoms with Gasteiger partial charge < -0.3 is 29.0 Å². The highest BCUT2D eigenvalue weighted by Gasteiger charge is 2.52. The number of ether oxygens (including phenoxy) is 2. The van der Waals surface area contributed by atoms with E-state index in [4.69, 9.17) is 23.3 Å². The van der Waals surface area contributed by atoms with Gasteiger partial charge in [-0.1, -0.05) is 71.9 Å². The van der Waals surface area contributed by atoms with E-state index in [1.54, 1.807) is 12.7 Å². The van der Waals surface area contributed by atoms with E-state index in [2.05, 4.69) is 74.3 Å². The van der Waals surface area contributed by atoms with Crippen LogP contribution in [-0.2, 0) is 29.7 Å². The van der Waals surface area contributed by atoms with E-state index < -0.39 is 22.9 Å². The number of hydrogen-bond acceptors (Lipinski definition) is 10. The third kappa shape index (κ3) is 8.23. The van der Waals surface area contributed by atoms with Crippen LogP contribution in [0.5, 0.6) is 0 Å². The number of anilines is 1. The summed E-state index contributed by atoms with van der Waals surface area (Å²) in [6.45, 7) is 16.7. The van der Waals surface area contributed by atoms with E-state index in [-0.39, 0.29) is 30.8 Å². The number of imidazole rings is 1. The predicted octanol–water partition coefficient (Wildman–Crippen LogP) is 6.27. The summed E-state index contributed by atoms with van der Waals surface area (Å²) in [6.07, 6.45) is 1.79. The zero-order valence-electron chi connectivity index (χ0n) is 28.8. The van der Waals surface area contributed by atoms with Gasteiger partial charge in [-0.2, -0.15) is 0 Å². The van der Waals surface area contributed by atoms with Gasteiger partial charge in [-0.3, -0.25) is 9.36 Å². The van der Waals surface area contributed by atoms with Crippen molar-refractivity contribution in [3.8, 4) is 0 Å². The Morgan fingerprint density at radius 3 is 2.11 bits per heavy atom. The van der Waals surface area contributed by atoms with Gasteiger partial charge in [0, 0.05) is 13.1 Å². The standard InChI is InChI=1S/C33H54N6O5Si2/c1-8-41-27(40)22-34-21-26-29(43-45(9-2,10-3)11-4)30(44-46(12-5,13-6)14-7)33(42-26)39-24-38-28-31(36-23-37-32(28)39)35-20-25-18-16-15-17-19-25/h15-19,23-24,26,29-30,33-34H,8-14,20-22H2,1-7H3,(H,35,36,37)/t26-,29-,30-,33-/m1/s1. The highest BCUT2D eigenvalue weighted by Crippen LogP contribution is 2.41. The Morgan fingerprint density at radius 1 is 0.870 bits per heavy atom. The predicted molar refractivity (Wildman–Crippen MR) is 187 cm³/mol. The molecular formula is C33H54N6O5Si2. The van der Waals surface area contributed by atoms with E-state index in [0.29, 0.717) is 36.7 Å². The molecule has 1 aromatic carbocycles. The van der Waals surface area contributed by atoms with Crippen molar-refractivity contribution in [2.75, 3.05) is 25.0 Å². The molecule has 11 nitrogen and oxygen atoms in total. The van der Waals surface area contributed by atoms with Crippen molar-refractivity contribution < 1.29 is 23.1 Å². The van der Waals surface area contributed by atoms with Crippen LogP contribution in [0.2, 0.25) is 36.3 Å². The molecule has 13 heteroatoms. The van der Waals surface area contributed by atoms with Gasteiger partial charge in [0.25, 0.3) is 0 Å². The highest BCUT2D eigenvalue weighted by atomic mass is 28.4. The molecule has 46 heavy (non-hydrogen) atoms. The highest BCUT2D eigenvalue weighted by molar-refractivity contribution is 6.74. The minimum absolute atomic E-state index is 0.101. The van der Waals surface area contributed by atoms with E-state index >= 15 is 0 Å². The third-order valence-corrected chi connectivity index (χ3v) is 19.1. The molecule has 1 fully saturated rings. The molecule has 254 valence electrons. The van der Waals surface area contributed by atoms with Crippen LogP contribution < -0.4 is 10.6 Å². The Kier molecular flexibility index (Phi) is 13.3. The molecule has 1 aliphatic heterocycles. The molecule has 4 rings (SSSR count). The fraction of sp³-hybridized carbons (Fsp3) is 0.636. The number of aromatic nitrogens is 4. The molecule has 2 aromatic heterocycles. The van der Waals surface area contributed by atoms with Gasteiger partial charge in [0.05, 0.1) is 19.5 Å². The van der Waals surface area contributed by atoms with Gasteiger partial charge >= 0.3 is 5.97 Å². The molecule has 3 aromatic rings. The number of hydrogen-bond donors (Lipinski definition) is 2. The fourth-order valence-electron chi connectivity index (χ4n) is 6.42. The smallest absolute Gasteiger partial charge is 0.319 e. The summed E-state index contributed by atoms with van der Waals surface area (Å²) in [7, 11) is -4.21. The maximum atomic E-state index is 12.2. The summed E-state index contributed by atoms with van der Waals surface area (Å²) < 4.78 is 28.7. The largest absolute Gasteiger partial charge is 0.465 e. The Bertz CT molecular complexity index is 1350. The van der Waals surface area contributed by atoms with E-state index in [9.17, 15) is 4.79 Å². The molecule has 3 heterocycles. The molecule has 4 atom stereocenters. The van der Waals surface area contributed by atoms with E-state index in [0.717, 1.165) is 41.8 Å². The van der Waals surface area contributed by atoms with Gasteiger partial charge in [0.15, 0.2) is 39.8 Å². The van der Waals surface area contributed by atoms with Crippen molar-refractivity contribution in [2.24, 2.45) is 0 Å². The zero-order valence-corrected chi connectivity index (χ0v) is 30.8. The first-order valence-electron chi connectivity index (χ1n) is 17.1. The lowest BCUT2D eigenvalue weighted by Crippen LogP contribution is -2.52. The molecule has 0 radical (unpaired) electrons. The number of carbonyl (C=O) groups excluding carboxylic acids is 1. The quantitative estimate of drug-likeness (QED) is 0.112.